The maximum Gasteiger partial charge on any atom is 0.261 e. The molecule has 0 aromatic carbocycles. The molecule has 0 spiro atoms. The summed E-state index contributed by atoms with van der Waals surface area (Å²) in [6.07, 6.45) is 4.04. The highest BCUT2D eigenvalue weighted by atomic mass is 32.1. The van der Waals surface area contributed by atoms with E-state index in [9.17, 15) is 4.79 Å². The molecule has 0 bridgehead atoms. The molecule has 1 aliphatic rings. The first-order valence-corrected chi connectivity index (χ1v) is 7.31. The van der Waals surface area contributed by atoms with Gasteiger partial charge < -0.3 is 10.2 Å². The molecule has 1 aromatic rings. The van der Waals surface area contributed by atoms with Crippen LogP contribution in [0.15, 0.2) is 17.5 Å². The Hall–Kier alpha value is -0.870. The maximum absolute atomic E-state index is 11.8. The van der Waals surface area contributed by atoms with Gasteiger partial charge in [-0.15, -0.1) is 11.3 Å². The smallest absolute Gasteiger partial charge is 0.261 e. The number of carbonyl (C=O) groups excluding carboxylic acids is 1. The van der Waals surface area contributed by atoms with Crippen molar-refractivity contribution in [1.82, 2.24) is 5.32 Å². The van der Waals surface area contributed by atoms with Crippen molar-refractivity contribution in [2.24, 2.45) is 0 Å². The van der Waals surface area contributed by atoms with E-state index in [1.807, 2.05) is 17.5 Å². The number of nitrogens with one attached hydrogen (secondary N) is 2. The highest BCUT2D eigenvalue weighted by Crippen LogP contribution is 2.07. The molecule has 3 nitrogen and oxygen atoms in total. The Morgan fingerprint density at radius 3 is 2.88 bits per heavy atom. The van der Waals surface area contributed by atoms with Crippen LogP contribution in [0.25, 0.3) is 0 Å². The second kappa shape index (κ2) is 6.17. The third kappa shape index (κ3) is 3.82. The first-order chi connectivity index (χ1) is 8.25. The average molecular weight is 253 g/mol. The van der Waals surface area contributed by atoms with Crippen molar-refractivity contribution in [3.63, 3.8) is 0 Å². The minimum Gasteiger partial charge on any atom is -0.343 e. The van der Waals surface area contributed by atoms with Gasteiger partial charge in [-0.3, -0.25) is 4.79 Å². The molecule has 17 heavy (non-hydrogen) atoms. The van der Waals surface area contributed by atoms with Crippen LogP contribution in [0.5, 0.6) is 0 Å². The van der Waals surface area contributed by atoms with Gasteiger partial charge >= 0.3 is 0 Å². The highest BCUT2D eigenvalue weighted by Gasteiger charge is 2.18. The molecule has 0 aliphatic carbocycles. The number of thiophene rings is 1. The number of piperidine rings is 1. The fourth-order valence-corrected chi connectivity index (χ4v) is 3.07. The molecule has 1 aliphatic heterocycles. The Morgan fingerprint density at radius 2 is 2.24 bits per heavy atom. The van der Waals surface area contributed by atoms with Gasteiger partial charge in [0, 0.05) is 0 Å². The molecule has 1 aromatic heterocycles. The quantitative estimate of drug-likeness (QED) is 0.822. The normalized spacial score (nSPS) is 18.9. The van der Waals surface area contributed by atoms with E-state index in [0.717, 1.165) is 11.4 Å². The zero-order chi connectivity index (χ0) is 12.1. The minimum absolute atomic E-state index is 0.0731. The number of rotatable bonds is 4. The SMILES string of the molecule is C[C@H](C[NH+]1CCCCC1)NC(=O)c1cccs1. The second-order valence-electron chi connectivity index (χ2n) is 4.87. The Labute approximate surface area is 107 Å². The van der Waals surface area contributed by atoms with E-state index in [2.05, 4.69) is 12.2 Å². The highest BCUT2D eigenvalue weighted by molar-refractivity contribution is 7.12. The summed E-state index contributed by atoms with van der Waals surface area (Å²) in [7, 11) is 0. The number of hydrogen-bond acceptors (Lipinski definition) is 2. The van der Waals surface area contributed by atoms with E-state index in [1.165, 1.54) is 43.7 Å². The Morgan fingerprint density at radius 1 is 1.47 bits per heavy atom. The number of carbonyl (C=O) groups is 1. The monoisotopic (exact) mass is 253 g/mol. The van der Waals surface area contributed by atoms with Gasteiger partial charge in [-0.05, 0) is 37.6 Å². The molecule has 2 N–H and O–H groups in total. The first-order valence-electron chi connectivity index (χ1n) is 6.43. The van der Waals surface area contributed by atoms with Crippen LogP contribution in [0, 0.1) is 0 Å². The van der Waals surface area contributed by atoms with E-state index < -0.39 is 0 Å². The predicted octanol–water partition coefficient (Wildman–Crippen LogP) is 0.935. The third-order valence-corrected chi connectivity index (χ3v) is 4.15. The van der Waals surface area contributed by atoms with Crippen LogP contribution in [0.1, 0.15) is 35.9 Å². The van der Waals surface area contributed by atoms with Crippen molar-refractivity contribution in [3.05, 3.63) is 22.4 Å². The van der Waals surface area contributed by atoms with E-state index >= 15 is 0 Å². The van der Waals surface area contributed by atoms with Gasteiger partial charge in [-0.25, -0.2) is 0 Å². The zero-order valence-electron chi connectivity index (χ0n) is 10.4. The van der Waals surface area contributed by atoms with Gasteiger partial charge in [-0.2, -0.15) is 0 Å². The summed E-state index contributed by atoms with van der Waals surface area (Å²) < 4.78 is 0. The predicted molar refractivity (Wildman–Crippen MR) is 70.7 cm³/mol. The lowest BCUT2D eigenvalue weighted by Gasteiger charge is -2.26. The summed E-state index contributed by atoms with van der Waals surface area (Å²) in [4.78, 5) is 14.3. The maximum atomic E-state index is 11.8. The van der Waals surface area contributed by atoms with Crippen LogP contribution in [0.2, 0.25) is 0 Å². The summed E-state index contributed by atoms with van der Waals surface area (Å²) in [5.41, 5.74) is 0. The van der Waals surface area contributed by atoms with E-state index in [4.69, 9.17) is 0 Å². The average Bonchev–Trinajstić information content (AvgIpc) is 2.83. The summed E-state index contributed by atoms with van der Waals surface area (Å²) in [5.74, 6) is 0.0731. The zero-order valence-corrected chi connectivity index (χ0v) is 11.2. The number of likely N-dealkylation sites (tertiary alicyclic amines) is 1. The fraction of sp³-hybridized carbons (Fsp3) is 0.615. The molecule has 0 radical (unpaired) electrons. The number of hydrogen-bond donors (Lipinski definition) is 2. The lowest BCUT2D eigenvalue weighted by Crippen LogP contribution is -3.14. The van der Waals surface area contributed by atoms with Crippen molar-refractivity contribution in [2.75, 3.05) is 19.6 Å². The van der Waals surface area contributed by atoms with E-state index in [-0.39, 0.29) is 11.9 Å². The van der Waals surface area contributed by atoms with Crippen LogP contribution in [-0.2, 0) is 0 Å². The van der Waals surface area contributed by atoms with Crippen molar-refractivity contribution in [3.8, 4) is 0 Å². The number of quaternary nitrogens is 1. The molecule has 1 fully saturated rings. The molecule has 2 heterocycles. The minimum atomic E-state index is 0.0731. The molecule has 4 heteroatoms. The summed E-state index contributed by atoms with van der Waals surface area (Å²) in [6, 6.07) is 4.05. The molecular formula is C13H21N2OS+. The van der Waals surface area contributed by atoms with Gasteiger partial charge in [0.1, 0.15) is 0 Å². The molecular weight excluding hydrogens is 232 g/mol. The van der Waals surface area contributed by atoms with Crippen LogP contribution in [0.4, 0.5) is 0 Å². The van der Waals surface area contributed by atoms with Crippen LogP contribution in [0.3, 0.4) is 0 Å². The van der Waals surface area contributed by atoms with Crippen molar-refractivity contribution in [2.45, 2.75) is 32.2 Å². The van der Waals surface area contributed by atoms with Gasteiger partial charge in [0.25, 0.3) is 5.91 Å². The Balaban J connectivity index is 1.76. The van der Waals surface area contributed by atoms with E-state index in [1.54, 1.807) is 4.90 Å². The third-order valence-electron chi connectivity index (χ3n) is 3.28. The molecule has 0 unspecified atom stereocenters. The van der Waals surface area contributed by atoms with Crippen LogP contribution >= 0.6 is 11.3 Å². The van der Waals surface area contributed by atoms with Gasteiger partial charge in [0.15, 0.2) is 0 Å². The van der Waals surface area contributed by atoms with E-state index in [0.29, 0.717) is 0 Å². The van der Waals surface area contributed by atoms with Crippen molar-refractivity contribution in [1.29, 1.82) is 0 Å². The molecule has 2 rings (SSSR count). The summed E-state index contributed by atoms with van der Waals surface area (Å²) >= 11 is 1.50. The molecule has 1 saturated heterocycles. The molecule has 0 saturated carbocycles. The summed E-state index contributed by atoms with van der Waals surface area (Å²) in [5, 5.41) is 5.02. The molecule has 1 atom stereocenters. The Kier molecular flexibility index (Phi) is 4.57. The first kappa shape index (κ1) is 12.6. The van der Waals surface area contributed by atoms with Gasteiger partial charge in [-0.1, -0.05) is 6.07 Å². The van der Waals surface area contributed by atoms with Gasteiger partial charge in [0.05, 0.1) is 30.6 Å². The topological polar surface area (TPSA) is 33.5 Å². The van der Waals surface area contributed by atoms with Crippen LogP contribution < -0.4 is 10.2 Å². The fourth-order valence-electron chi connectivity index (χ4n) is 2.44. The van der Waals surface area contributed by atoms with Crippen molar-refractivity contribution < 1.29 is 9.69 Å². The second-order valence-corrected chi connectivity index (χ2v) is 5.81. The molecule has 94 valence electrons. The standard InChI is InChI=1S/C13H20N2OS/c1-11(10-15-7-3-2-4-8-15)14-13(16)12-6-5-9-17-12/h5-6,9,11H,2-4,7-8,10H2,1H3,(H,14,16)/p+1/t11-/m1/s1. The van der Waals surface area contributed by atoms with Crippen LogP contribution in [-0.4, -0.2) is 31.6 Å². The lowest BCUT2D eigenvalue weighted by molar-refractivity contribution is -0.905. The molecule has 1 amide bonds. The van der Waals surface area contributed by atoms with Crippen molar-refractivity contribution >= 4 is 17.2 Å². The van der Waals surface area contributed by atoms with Gasteiger partial charge in [0.2, 0.25) is 0 Å². The summed E-state index contributed by atoms with van der Waals surface area (Å²) in [6.45, 7) is 5.68. The Bertz CT molecular complexity index is 344. The lowest BCUT2D eigenvalue weighted by atomic mass is 10.1. The number of amides is 1. The largest absolute Gasteiger partial charge is 0.343 e.